The highest BCUT2D eigenvalue weighted by Gasteiger charge is 2.29. The minimum Gasteiger partial charge on any atom is -0.372 e. The van der Waals surface area contributed by atoms with E-state index in [4.69, 9.17) is 0 Å². The highest BCUT2D eigenvalue weighted by Crippen LogP contribution is 2.25. The molecule has 2 aromatic rings. The maximum absolute atomic E-state index is 12.9. The molecule has 3 rings (SSSR count). The molecule has 0 aromatic heterocycles. The van der Waals surface area contributed by atoms with E-state index in [-0.39, 0.29) is 11.9 Å². The summed E-state index contributed by atoms with van der Waals surface area (Å²) in [5, 5.41) is 2.96. The lowest BCUT2D eigenvalue weighted by Crippen LogP contribution is -2.48. The number of carbonyl (C=O) groups excluding carboxylic acids is 1. The molecular formula is C24H33N3O3S. The zero-order chi connectivity index (χ0) is 22.6. The van der Waals surface area contributed by atoms with Crippen LogP contribution >= 0.6 is 0 Å². The van der Waals surface area contributed by atoms with Crippen LogP contribution in [-0.4, -0.2) is 39.7 Å². The molecule has 1 aliphatic rings. The summed E-state index contributed by atoms with van der Waals surface area (Å²) in [4.78, 5) is 15.3. The number of piperidine rings is 1. The molecule has 0 aliphatic carbocycles. The second kappa shape index (κ2) is 9.73. The summed E-state index contributed by atoms with van der Waals surface area (Å²) in [6, 6.07) is 15.9. The molecule has 2 atom stereocenters. The monoisotopic (exact) mass is 443 g/mol. The van der Waals surface area contributed by atoms with Gasteiger partial charge in [-0.2, -0.15) is 0 Å². The molecule has 1 N–H and O–H groups in total. The van der Waals surface area contributed by atoms with Gasteiger partial charge in [-0.05, 0) is 62.4 Å². The van der Waals surface area contributed by atoms with Gasteiger partial charge in [0.15, 0.2) is 0 Å². The van der Waals surface area contributed by atoms with E-state index < -0.39 is 16.1 Å². The van der Waals surface area contributed by atoms with Crippen LogP contribution in [0.3, 0.4) is 0 Å². The largest absolute Gasteiger partial charge is 0.372 e. The van der Waals surface area contributed by atoms with E-state index in [1.54, 1.807) is 31.2 Å². The number of anilines is 2. The van der Waals surface area contributed by atoms with E-state index in [1.807, 2.05) is 25.1 Å². The summed E-state index contributed by atoms with van der Waals surface area (Å²) in [5.41, 5.74) is 2.66. The van der Waals surface area contributed by atoms with Gasteiger partial charge in [0.1, 0.15) is 6.04 Å². The van der Waals surface area contributed by atoms with Crippen molar-refractivity contribution < 1.29 is 13.2 Å². The molecule has 31 heavy (non-hydrogen) atoms. The lowest BCUT2D eigenvalue weighted by Gasteiger charge is -2.32. The van der Waals surface area contributed by atoms with Crippen molar-refractivity contribution in [3.8, 4) is 0 Å². The van der Waals surface area contributed by atoms with Gasteiger partial charge in [-0.3, -0.25) is 9.10 Å². The van der Waals surface area contributed by atoms with Gasteiger partial charge in [-0.15, -0.1) is 0 Å². The maximum Gasteiger partial charge on any atom is 0.244 e. The SMILES string of the molecule is CC1CCN(c2ccc([C@@H](C)NC(=O)[C@@H](C)N(c3ccccc3)S(C)(=O)=O)cc2)CC1. The molecule has 6 nitrogen and oxygen atoms in total. The third-order valence-electron chi connectivity index (χ3n) is 6.00. The molecule has 1 amide bonds. The standard InChI is InChI=1S/C24H33N3O3S/c1-18-14-16-26(17-15-18)22-12-10-21(11-13-22)19(2)25-24(28)20(3)27(31(4,29)30)23-8-6-5-7-9-23/h5-13,18-20H,14-17H2,1-4H3,(H,25,28)/t19-,20-/m1/s1. The lowest BCUT2D eigenvalue weighted by molar-refractivity contribution is -0.122. The van der Waals surface area contributed by atoms with Crippen LogP contribution in [0.2, 0.25) is 0 Å². The number of para-hydroxylation sites is 1. The third kappa shape index (κ3) is 5.79. The molecule has 168 valence electrons. The van der Waals surface area contributed by atoms with Crippen LogP contribution in [0.5, 0.6) is 0 Å². The zero-order valence-electron chi connectivity index (χ0n) is 18.8. The van der Waals surface area contributed by atoms with Crippen LogP contribution in [0.15, 0.2) is 54.6 Å². The first-order valence-corrected chi connectivity index (χ1v) is 12.7. The Balaban J connectivity index is 1.67. The fourth-order valence-electron chi connectivity index (χ4n) is 4.04. The van der Waals surface area contributed by atoms with E-state index in [0.29, 0.717) is 5.69 Å². The van der Waals surface area contributed by atoms with E-state index in [0.717, 1.165) is 35.1 Å². The van der Waals surface area contributed by atoms with Crippen molar-refractivity contribution in [2.24, 2.45) is 5.92 Å². The van der Waals surface area contributed by atoms with Crippen LogP contribution in [-0.2, 0) is 14.8 Å². The second-order valence-corrected chi connectivity index (χ2v) is 10.4. The number of rotatable bonds is 7. The van der Waals surface area contributed by atoms with Crippen molar-refractivity contribution in [2.75, 3.05) is 28.6 Å². The molecule has 0 spiro atoms. The molecule has 2 aromatic carbocycles. The van der Waals surface area contributed by atoms with E-state index in [2.05, 4.69) is 29.3 Å². The number of amides is 1. The summed E-state index contributed by atoms with van der Waals surface area (Å²) < 4.78 is 25.9. The lowest BCUT2D eigenvalue weighted by atomic mass is 9.98. The normalized spacial score (nSPS) is 17.1. The van der Waals surface area contributed by atoms with Crippen molar-refractivity contribution >= 4 is 27.3 Å². The second-order valence-electron chi connectivity index (χ2n) is 8.56. The smallest absolute Gasteiger partial charge is 0.244 e. The summed E-state index contributed by atoms with van der Waals surface area (Å²) in [6.07, 6.45) is 3.54. The first kappa shape index (κ1) is 23.1. The number of hydrogen-bond acceptors (Lipinski definition) is 4. The van der Waals surface area contributed by atoms with Gasteiger partial charge in [0, 0.05) is 18.8 Å². The van der Waals surface area contributed by atoms with Crippen LogP contribution in [0.1, 0.15) is 45.2 Å². The van der Waals surface area contributed by atoms with E-state index in [9.17, 15) is 13.2 Å². The first-order chi connectivity index (χ1) is 14.7. The van der Waals surface area contributed by atoms with Crippen molar-refractivity contribution in [3.05, 3.63) is 60.2 Å². The molecule has 1 aliphatic heterocycles. The zero-order valence-corrected chi connectivity index (χ0v) is 19.6. The number of benzene rings is 2. The highest BCUT2D eigenvalue weighted by molar-refractivity contribution is 7.92. The topological polar surface area (TPSA) is 69.7 Å². The molecule has 1 fully saturated rings. The van der Waals surface area contributed by atoms with Gasteiger partial charge in [-0.25, -0.2) is 8.42 Å². The van der Waals surface area contributed by atoms with E-state index >= 15 is 0 Å². The Hall–Kier alpha value is -2.54. The molecule has 0 radical (unpaired) electrons. The average Bonchev–Trinajstić information content (AvgIpc) is 2.74. The minimum absolute atomic E-state index is 0.234. The fraction of sp³-hybridized carbons (Fsp3) is 0.458. The number of hydrogen-bond donors (Lipinski definition) is 1. The van der Waals surface area contributed by atoms with Crippen LogP contribution in [0, 0.1) is 5.92 Å². The number of carbonyl (C=O) groups is 1. The third-order valence-corrected chi connectivity index (χ3v) is 7.24. The van der Waals surface area contributed by atoms with Crippen LogP contribution in [0.4, 0.5) is 11.4 Å². The number of nitrogens with one attached hydrogen (secondary N) is 1. The Morgan fingerprint density at radius 2 is 1.61 bits per heavy atom. The van der Waals surface area contributed by atoms with Gasteiger partial charge < -0.3 is 10.2 Å². The Morgan fingerprint density at radius 1 is 1.03 bits per heavy atom. The van der Waals surface area contributed by atoms with Crippen molar-refractivity contribution in [1.82, 2.24) is 5.32 Å². The highest BCUT2D eigenvalue weighted by atomic mass is 32.2. The Labute approximate surface area is 186 Å². The predicted octanol–water partition coefficient (Wildman–Crippen LogP) is 3.95. The van der Waals surface area contributed by atoms with Crippen molar-refractivity contribution in [2.45, 2.75) is 45.7 Å². The minimum atomic E-state index is -3.62. The number of sulfonamides is 1. The number of nitrogens with zero attached hydrogens (tertiary/aromatic N) is 2. The van der Waals surface area contributed by atoms with Crippen molar-refractivity contribution in [3.63, 3.8) is 0 Å². The Morgan fingerprint density at radius 3 is 2.16 bits per heavy atom. The first-order valence-electron chi connectivity index (χ1n) is 10.9. The Kier molecular flexibility index (Phi) is 7.26. The van der Waals surface area contributed by atoms with E-state index in [1.165, 1.54) is 18.5 Å². The molecule has 0 bridgehead atoms. The van der Waals surface area contributed by atoms with Gasteiger partial charge in [0.05, 0.1) is 18.0 Å². The molecule has 1 heterocycles. The van der Waals surface area contributed by atoms with Crippen LogP contribution < -0.4 is 14.5 Å². The van der Waals surface area contributed by atoms with Gasteiger partial charge in [0.2, 0.25) is 15.9 Å². The quantitative estimate of drug-likeness (QED) is 0.703. The van der Waals surface area contributed by atoms with Gasteiger partial charge in [-0.1, -0.05) is 37.3 Å². The molecule has 7 heteroatoms. The summed E-state index contributed by atoms with van der Waals surface area (Å²) in [7, 11) is -3.62. The van der Waals surface area contributed by atoms with Gasteiger partial charge >= 0.3 is 0 Å². The molecule has 1 saturated heterocycles. The van der Waals surface area contributed by atoms with Crippen LogP contribution in [0.25, 0.3) is 0 Å². The summed E-state index contributed by atoms with van der Waals surface area (Å²) >= 11 is 0. The van der Waals surface area contributed by atoms with Gasteiger partial charge in [0.25, 0.3) is 0 Å². The predicted molar refractivity (Wildman–Crippen MR) is 127 cm³/mol. The molecular weight excluding hydrogens is 410 g/mol. The average molecular weight is 444 g/mol. The fourth-order valence-corrected chi connectivity index (χ4v) is 5.22. The maximum atomic E-state index is 12.9. The summed E-state index contributed by atoms with van der Waals surface area (Å²) in [5.74, 6) is 0.450. The molecule has 0 unspecified atom stereocenters. The summed E-state index contributed by atoms with van der Waals surface area (Å²) in [6.45, 7) is 7.97. The van der Waals surface area contributed by atoms with Crippen molar-refractivity contribution in [1.29, 1.82) is 0 Å². The Bertz CT molecular complexity index is 969. The molecule has 0 saturated carbocycles.